The first kappa shape index (κ1) is 16.1. The van der Waals surface area contributed by atoms with Crippen molar-refractivity contribution in [2.45, 2.75) is 69.6 Å². The predicted molar refractivity (Wildman–Crippen MR) is 70.4 cm³/mol. The van der Waals surface area contributed by atoms with E-state index < -0.39 is 24.5 Å². The van der Waals surface area contributed by atoms with Crippen LogP contribution in [0.15, 0.2) is 0 Å². The highest BCUT2D eigenvalue weighted by Gasteiger charge is 2.37. The highest BCUT2D eigenvalue weighted by Crippen LogP contribution is 2.26. The zero-order chi connectivity index (χ0) is 15.5. The number of carbonyl (C=O) groups excluding carboxylic acids is 2. The van der Waals surface area contributed by atoms with Gasteiger partial charge in [-0.2, -0.15) is 13.2 Å². The molecule has 2 amide bonds. The number of nitrogens with zero attached hydrogens (tertiary/aromatic N) is 1. The van der Waals surface area contributed by atoms with Crippen molar-refractivity contribution in [3.63, 3.8) is 0 Å². The molecule has 0 aromatic heterocycles. The van der Waals surface area contributed by atoms with Crippen LogP contribution in [-0.4, -0.2) is 41.5 Å². The van der Waals surface area contributed by atoms with Crippen LogP contribution in [0.5, 0.6) is 0 Å². The molecule has 1 N–H and O–H groups in total. The van der Waals surface area contributed by atoms with E-state index in [1.165, 1.54) is 12.8 Å². The van der Waals surface area contributed by atoms with Crippen LogP contribution in [0.3, 0.4) is 0 Å². The Morgan fingerprint density at radius 1 is 1.19 bits per heavy atom. The molecule has 120 valence electrons. The standard InChI is InChI=1S/C14H21F3N2O2/c15-14(16,17)8-12(20)18-10-7-13(21)19(9-10)11-5-3-1-2-4-6-11/h10-11H,1-9H2,(H,18,20)/t10-/m0/s1. The van der Waals surface area contributed by atoms with Gasteiger partial charge >= 0.3 is 6.18 Å². The minimum absolute atomic E-state index is 0.0563. The number of halogens is 3. The molecule has 1 saturated carbocycles. The third-order valence-electron chi connectivity index (χ3n) is 4.15. The summed E-state index contributed by atoms with van der Waals surface area (Å²) in [5.74, 6) is -1.11. The van der Waals surface area contributed by atoms with Crippen molar-refractivity contribution >= 4 is 11.8 Å². The average Bonchev–Trinajstić information content (AvgIpc) is 2.58. The van der Waals surface area contributed by atoms with Gasteiger partial charge in [-0.3, -0.25) is 9.59 Å². The maximum absolute atomic E-state index is 12.1. The van der Waals surface area contributed by atoms with Gasteiger partial charge in [-0.1, -0.05) is 25.7 Å². The van der Waals surface area contributed by atoms with Crippen molar-refractivity contribution in [2.75, 3.05) is 6.54 Å². The van der Waals surface area contributed by atoms with E-state index in [0.717, 1.165) is 25.7 Å². The van der Waals surface area contributed by atoms with Gasteiger partial charge in [0, 0.05) is 19.0 Å². The van der Waals surface area contributed by atoms with Crippen LogP contribution < -0.4 is 5.32 Å². The summed E-state index contributed by atoms with van der Waals surface area (Å²) < 4.78 is 36.4. The lowest BCUT2D eigenvalue weighted by molar-refractivity contribution is -0.154. The molecule has 0 spiro atoms. The summed E-state index contributed by atoms with van der Waals surface area (Å²) in [6.45, 7) is 0.340. The molecule has 1 aliphatic heterocycles. The molecule has 7 heteroatoms. The molecule has 0 bridgehead atoms. The number of alkyl halides is 3. The fourth-order valence-electron chi connectivity index (χ4n) is 3.21. The minimum atomic E-state index is -4.51. The SMILES string of the molecule is O=C(CC(F)(F)F)N[C@H]1CC(=O)N(C2CCCCCC2)C1. The van der Waals surface area contributed by atoms with E-state index in [-0.39, 0.29) is 18.4 Å². The molecule has 4 nitrogen and oxygen atoms in total. The molecule has 0 aromatic rings. The molecule has 2 aliphatic rings. The monoisotopic (exact) mass is 306 g/mol. The third kappa shape index (κ3) is 4.89. The van der Waals surface area contributed by atoms with Crippen molar-refractivity contribution < 1.29 is 22.8 Å². The maximum Gasteiger partial charge on any atom is 0.397 e. The van der Waals surface area contributed by atoms with Gasteiger partial charge in [0.25, 0.3) is 0 Å². The second kappa shape index (κ2) is 6.66. The smallest absolute Gasteiger partial charge is 0.351 e. The lowest BCUT2D eigenvalue weighted by Gasteiger charge is -2.27. The first-order valence-electron chi connectivity index (χ1n) is 7.51. The number of amides is 2. The quantitative estimate of drug-likeness (QED) is 0.814. The summed E-state index contributed by atoms with van der Waals surface area (Å²) in [5.41, 5.74) is 0. The van der Waals surface area contributed by atoms with Gasteiger partial charge in [-0.15, -0.1) is 0 Å². The summed E-state index contributed by atoms with van der Waals surface area (Å²) in [4.78, 5) is 25.1. The largest absolute Gasteiger partial charge is 0.397 e. The first-order valence-corrected chi connectivity index (χ1v) is 7.51. The maximum atomic E-state index is 12.1. The number of rotatable bonds is 3. The zero-order valence-electron chi connectivity index (χ0n) is 11.9. The molecule has 1 aliphatic carbocycles. The van der Waals surface area contributed by atoms with Crippen LogP contribution in [-0.2, 0) is 9.59 Å². The Balaban J connectivity index is 1.85. The van der Waals surface area contributed by atoms with Crippen LogP contribution in [0.1, 0.15) is 51.4 Å². The van der Waals surface area contributed by atoms with E-state index in [0.29, 0.717) is 6.54 Å². The average molecular weight is 306 g/mol. The van der Waals surface area contributed by atoms with Crippen LogP contribution >= 0.6 is 0 Å². The molecule has 2 fully saturated rings. The number of nitrogens with one attached hydrogen (secondary N) is 1. The van der Waals surface area contributed by atoms with Crippen molar-refractivity contribution in [2.24, 2.45) is 0 Å². The van der Waals surface area contributed by atoms with E-state index in [2.05, 4.69) is 5.32 Å². The van der Waals surface area contributed by atoms with E-state index in [9.17, 15) is 22.8 Å². The van der Waals surface area contributed by atoms with Crippen LogP contribution in [0, 0.1) is 0 Å². The Morgan fingerprint density at radius 2 is 1.81 bits per heavy atom. The Morgan fingerprint density at radius 3 is 2.38 bits per heavy atom. The van der Waals surface area contributed by atoms with E-state index >= 15 is 0 Å². The number of hydrogen-bond donors (Lipinski definition) is 1. The Hall–Kier alpha value is -1.27. The fourth-order valence-corrected chi connectivity index (χ4v) is 3.21. The molecule has 1 saturated heterocycles. The molecular weight excluding hydrogens is 285 g/mol. The molecular formula is C14H21F3N2O2. The lowest BCUT2D eigenvalue weighted by atomic mass is 10.1. The summed E-state index contributed by atoms with van der Waals surface area (Å²) in [6.07, 6.45) is 0.534. The topological polar surface area (TPSA) is 49.4 Å². The summed E-state index contributed by atoms with van der Waals surface area (Å²) in [6, 6.07) is -0.305. The van der Waals surface area contributed by atoms with Gasteiger partial charge in [-0.05, 0) is 12.8 Å². The minimum Gasteiger partial charge on any atom is -0.351 e. The zero-order valence-corrected chi connectivity index (χ0v) is 11.9. The molecule has 2 rings (SSSR count). The second-order valence-electron chi connectivity index (χ2n) is 5.95. The van der Waals surface area contributed by atoms with Crippen molar-refractivity contribution in [1.82, 2.24) is 10.2 Å². The van der Waals surface area contributed by atoms with Crippen molar-refractivity contribution in [3.8, 4) is 0 Å². The number of likely N-dealkylation sites (tertiary alicyclic amines) is 1. The van der Waals surface area contributed by atoms with Gasteiger partial charge in [-0.25, -0.2) is 0 Å². The van der Waals surface area contributed by atoms with E-state index in [4.69, 9.17) is 0 Å². The second-order valence-corrected chi connectivity index (χ2v) is 5.95. The third-order valence-corrected chi connectivity index (χ3v) is 4.15. The summed E-state index contributed by atoms with van der Waals surface area (Å²) >= 11 is 0. The van der Waals surface area contributed by atoms with Crippen molar-refractivity contribution in [3.05, 3.63) is 0 Å². The first-order chi connectivity index (χ1) is 9.85. The van der Waals surface area contributed by atoms with Gasteiger partial charge in [0.1, 0.15) is 6.42 Å². The van der Waals surface area contributed by atoms with E-state index in [1.54, 1.807) is 4.90 Å². The van der Waals surface area contributed by atoms with Gasteiger partial charge in [0.05, 0.1) is 6.04 Å². The molecule has 21 heavy (non-hydrogen) atoms. The van der Waals surface area contributed by atoms with Gasteiger partial charge < -0.3 is 10.2 Å². The fraction of sp³-hybridized carbons (Fsp3) is 0.857. The molecule has 1 heterocycles. The molecule has 0 unspecified atom stereocenters. The van der Waals surface area contributed by atoms with Crippen LogP contribution in [0.25, 0.3) is 0 Å². The summed E-state index contributed by atoms with van der Waals surface area (Å²) in [5, 5.41) is 2.33. The molecule has 1 atom stereocenters. The molecule has 0 aromatic carbocycles. The normalized spacial score (nSPS) is 25.0. The van der Waals surface area contributed by atoms with E-state index in [1.807, 2.05) is 0 Å². The van der Waals surface area contributed by atoms with Crippen LogP contribution in [0.4, 0.5) is 13.2 Å². The number of carbonyl (C=O) groups is 2. The molecule has 0 radical (unpaired) electrons. The Kier molecular flexibility index (Phi) is 5.11. The van der Waals surface area contributed by atoms with Gasteiger partial charge in [0.2, 0.25) is 11.8 Å². The lowest BCUT2D eigenvalue weighted by Crippen LogP contribution is -2.41. The highest BCUT2D eigenvalue weighted by molar-refractivity contribution is 5.82. The summed E-state index contributed by atoms with van der Waals surface area (Å²) in [7, 11) is 0. The Labute approximate surface area is 122 Å². The Bertz CT molecular complexity index is 390. The van der Waals surface area contributed by atoms with Crippen LogP contribution in [0.2, 0.25) is 0 Å². The number of hydrogen-bond acceptors (Lipinski definition) is 2. The van der Waals surface area contributed by atoms with Gasteiger partial charge in [0.15, 0.2) is 0 Å². The van der Waals surface area contributed by atoms with Crippen molar-refractivity contribution in [1.29, 1.82) is 0 Å². The predicted octanol–water partition coefficient (Wildman–Crippen LogP) is 2.38. The highest BCUT2D eigenvalue weighted by atomic mass is 19.4.